The number of benzene rings is 1. The lowest BCUT2D eigenvalue weighted by Crippen LogP contribution is -2.43. The fraction of sp³-hybridized carbons (Fsp3) is 0.333. The molecule has 110 valence electrons. The SMILES string of the molecule is CC(C(=O)Nc1c(N)cc(Cl)cc1Cl)N(C)CC(N)=O. The monoisotopic (exact) mass is 318 g/mol. The summed E-state index contributed by atoms with van der Waals surface area (Å²) >= 11 is 11.8. The van der Waals surface area contributed by atoms with E-state index in [4.69, 9.17) is 34.7 Å². The second kappa shape index (κ2) is 6.78. The van der Waals surface area contributed by atoms with Gasteiger partial charge in [0.05, 0.1) is 29.0 Å². The zero-order valence-electron chi connectivity index (χ0n) is 11.1. The van der Waals surface area contributed by atoms with E-state index in [9.17, 15) is 9.59 Å². The highest BCUT2D eigenvalue weighted by molar-refractivity contribution is 6.37. The number of primary amides is 1. The molecule has 0 fully saturated rings. The van der Waals surface area contributed by atoms with Crippen molar-refractivity contribution >= 4 is 46.4 Å². The van der Waals surface area contributed by atoms with Crippen molar-refractivity contribution in [1.82, 2.24) is 4.90 Å². The Morgan fingerprint density at radius 2 is 2.00 bits per heavy atom. The van der Waals surface area contributed by atoms with Gasteiger partial charge >= 0.3 is 0 Å². The summed E-state index contributed by atoms with van der Waals surface area (Å²) in [6.07, 6.45) is 0. The van der Waals surface area contributed by atoms with Gasteiger partial charge in [-0.1, -0.05) is 23.2 Å². The highest BCUT2D eigenvalue weighted by Crippen LogP contribution is 2.32. The van der Waals surface area contributed by atoms with Crippen LogP contribution < -0.4 is 16.8 Å². The van der Waals surface area contributed by atoms with Crippen LogP contribution in [0.25, 0.3) is 0 Å². The lowest BCUT2D eigenvalue weighted by molar-refractivity contribution is -0.123. The average Bonchev–Trinajstić information content (AvgIpc) is 2.31. The van der Waals surface area contributed by atoms with Crippen LogP contribution in [-0.4, -0.2) is 36.3 Å². The van der Waals surface area contributed by atoms with E-state index in [1.807, 2.05) is 0 Å². The van der Waals surface area contributed by atoms with Gasteiger partial charge in [-0.05, 0) is 26.1 Å². The number of anilines is 2. The quantitative estimate of drug-likeness (QED) is 0.712. The highest BCUT2D eigenvalue weighted by atomic mass is 35.5. The Labute approximate surface area is 127 Å². The summed E-state index contributed by atoms with van der Waals surface area (Å²) in [5.74, 6) is -0.874. The second-order valence-electron chi connectivity index (χ2n) is 4.40. The predicted molar refractivity (Wildman–Crippen MR) is 80.8 cm³/mol. The number of carbonyl (C=O) groups is 2. The van der Waals surface area contributed by atoms with Crippen molar-refractivity contribution in [3.63, 3.8) is 0 Å². The second-order valence-corrected chi connectivity index (χ2v) is 5.24. The fourth-order valence-corrected chi connectivity index (χ4v) is 2.09. The normalized spacial score (nSPS) is 12.2. The number of hydrogen-bond acceptors (Lipinski definition) is 4. The number of nitrogen functional groups attached to an aromatic ring is 1. The van der Waals surface area contributed by atoms with Gasteiger partial charge in [0.15, 0.2) is 0 Å². The summed E-state index contributed by atoms with van der Waals surface area (Å²) < 4.78 is 0. The summed E-state index contributed by atoms with van der Waals surface area (Å²) in [6.45, 7) is 1.61. The maximum atomic E-state index is 12.1. The summed E-state index contributed by atoms with van der Waals surface area (Å²) in [4.78, 5) is 24.4. The Balaban J connectivity index is 2.83. The molecule has 0 saturated carbocycles. The largest absolute Gasteiger partial charge is 0.397 e. The Kier molecular flexibility index (Phi) is 5.62. The molecule has 1 unspecified atom stereocenters. The number of hydrogen-bond donors (Lipinski definition) is 3. The first-order valence-corrected chi connectivity index (χ1v) is 6.52. The first kappa shape index (κ1) is 16.6. The standard InChI is InChI=1S/C12H16Cl2N4O2/c1-6(18(2)5-10(16)19)12(20)17-11-8(14)3-7(13)4-9(11)15/h3-4,6H,5,15H2,1-2H3,(H2,16,19)(H,17,20). The molecule has 1 atom stereocenters. The minimum Gasteiger partial charge on any atom is -0.397 e. The Morgan fingerprint density at radius 3 is 2.50 bits per heavy atom. The van der Waals surface area contributed by atoms with Crippen molar-refractivity contribution in [2.45, 2.75) is 13.0 Å². The Bertz CT molecular complexity index is 513. The first-order chi connectivity index (χ1) is 9.22. The lowest BCUT2D eigenvalue weighted by Gasteiger charge is -2.23. The molecular weight excluding hydrogens is 303 g/mol. The molecule has 1 rings (SSSR count). The smallest absolute Gasteiger partial charge is 0.241 e. The molecule has 0 saturated heterocycles. The molecule has 2 amide bonds. The van der Waals surface area contributed by atoms with Crippen molar-refractivity contribution < 1.29 is 9.59 Å². The number of nitrogens with one attached hydrogen (secondary N) is 1. The van der Waals surface area contributed by atoms with E-state index in [1.54, 1.807) is 14.0 Å². The van der Waals surface area contributed by atoms with E-state index in [1.165, 1.54) is 17.0 Å². The number of nitrogens with two attached hydrogens (primary N) is 2. The van der Waals surface area contributed by atoms with Crippen molar-refractivity contribution in [3.05, 3.63) is 22.2 Å². The van der Waals surface area contributed by atoms with Gasteiger partial charge in [-0.15, -0.1) is 0 Å². The summed E-state index contributed by atoms with van der Waals surface area (Å²) in [5, 5.41) is 3.23. The van der Waals surface area contributed by atoms with Crippen LogP contribution in [0.1, 0.15) is 6.92 Å². The summed E-state index contributed by atoms with van der Waals surface area (Å²) in [7, 11) is 1.61. The van der Waals surface area contributed by atoms with Crippen molar-refractivity contribution in [1.29, 1.82) is 0 Å². The highest BCUT2D eigenvalue weighted by Gasteiger charge is 2.21. The van der Waals surface area contributed by atoms with Gasteiger partial charge in [-0.2, -0.15) is 0 Å². The third-order valence-electron chi connectivity index (χ3n) is 2.78. The third-order valence-corrected chi connectivity index (χ3v) is 3.30. The molecular formula is C12H16Cl2N4O2. The third kappa shape index (κ3) is 4.26. The molecule has 6 nitrogen and oxygen atoms in total. The fourth-order valence-electron chi connectivity index (χ4n) is 1.54. The number of nitrogens with zero attached hydrogens (tertiary/aromatic N) is 1. The lowest BCUT2D eigenvalue weighted by atomic mass is 10.2. The number of carbonyl (C=O) groups excluding carboxylic acids is 2. The van der Waals surface area contributed by atoms with E-state index < -0.39 is 11.9 Å². The molecule has 0 heterocycles. The average molecular weight is 319 g/mol. The van der Waals surface area contributed by atoms with Crippen LogP contribution >= 0.6 is 23.2 Å². The molecule has 0 aliphatic carbocycles. The van der Waals surface area contributed by atoms with Crippen molar-refractivity contribution in [3.8, 4) is 0 Å². The van der Waals surface area contributed by atoms with Crippen LogP contribution in [-0.2, 0) is 9.59 Å². The van der Waals surface area contributed by atoms with Crippen molar-refractivity contribution in [2.24, 2.45) is 5.73 Å². The minimum atomic E-state index is -0.575. The number of halogens is 2. The van der Waals surface area contributed by atoms with E-state index in [2.05, 4.69) is 5.32 Å². The van der Waals surface area contributed by atoms with Gasteiger partial charge in [0, 0.05) is 5.02 Å². The van der Waals surface area contributed by atoms with E-state index in [0.29, 0.717) is 10.7 Å². The van der Waals surface area contributed by atoms with Crippen molar-refractivity contribution in [2.75, 3.05) is 24.6 Å². The van der Waals surface area contributed by atoms with E-state index >= 15 is 0 Å². The zero-order chi connectivity index (χ0) is 15.4. The molecule has 0 aliphatic heterocycles. The number of likely N-dealkylation sites (N-methyl/N-ethyl adjacent to an activating group) is 1. The molecule has 8 heteroatoms. The van der Waals surface area contributed by atoms with Gasteiger partial charge in [0.25, 0.3) is 0 Å². The maximum absolute atomic E-state index is 12.1. The summed E-state index contributed by atoms with van der Waals surface area (Å²) in [5.41, 5.74) is 11.4. The first-order valence-electron chi connectivity index (χ1n) is 5.76. The van der Waals surface area contributed by atoms with Crippen LogP contribution in [0.5, 0.6) is 0 Å². The molecule has 0 spiro atoms. The zero-order valence-corrected chi connectivity index (χ0v) is 12.6. The maximum Gasteiger partial charge on any atom is 0.241 e. The number of rotatable bonds is 5. The van der Waals surface area contributed by atoms with Crippen LogP contribution in [0.15, 0.2) is 12.1 Å². The molecule has 0 aliphatic rings. The molecule has 0 aromatic heterocycles. The van der Waals surface area contributed by atoms with E-state index in [0.717, 1.165) is 0 Å². The molecule has 5 N–H and O–H groups in total. The molecule has 20 heavy (non-hydrogen) atoms. The molecule has 1 aromatic rings. The van der Waals surface area contributed by atoms with Gasteiger partial charge in [-0.3, -0.25) is 14.5 Å². The Morgan fingerprint density at radius 1 is 1.40 bits per heavy atom. The minimum absolute atomic E-state index is 0.0293. The predicted octanol–water partition coefficient (Wildman–Crippen LogP) is 1.32. The van der Waals surface area contributed by atoms with Gasteiger partial charge < -0.3 is 16.8 Å². The van der Waals surface area contributed by atoms with E-state index in [-0.39, 0.29) is 23.2 Å². The topological polar surface area (TPSA) is 101 Å². The van der Waals surface area contributed by atoms with Gasteiger partial charge in [-0.25, -0.2) is 0 Å². The van der Waals surface area contributed by atoms with Crippen LogP contribution in [0.4, 0.5) is 11.4 Å². The van der Waals surface area contributed by atoms with Crippen LogP contribution in [0, 0.1) is 0 Å². The summed E-state index contributed by atoms with van der Waals surface area (Å²) in [6, 6.07) is 2.39. The molecule has 0 bridgehead atoms. The Hall–Kier alpha value is -1.50. The van der Waals surface area contributed by atoms with Crippen LogP contribution in [0.3, 0.4) is 0 Å². The van der Waals surface area contributed by atoms with Gasteiger partial charge in [0.1, 0.15) is 0 Å². The molecule has 0 radical (unpaired) electrons. The number of amides is 2. The van der Waals surface area contributed by atoms with Crippen LogP contribution in [0.2, 0.25) is 10.0 Å². The molecule has 1 aromatic carbocycles. The van der Waals surface area contributed by atoms with Gasteiger partial charge in [0.2, 0.25) is 11.8 Å².